The second-order valence-electron chi connectivity index (χ2n) is 5.37. The summed E-state index contributed by atoms with van der Waals surface area (Å²) in [5.74, 6) is -2.45. The van der Waals surface area contributed by atoms with Gasteiger partial charge in [0.2, 0.25) is 0 Å². The molecule has 1 aromatic rings. The number of para-hydroxylation sites is 1. The summed E-state index contributed by atoms with van der Waals surface area (Å²) in [6, 6.07) is 3.38. The fraction of sp³-hybridized carbons (Fsp3) is 0.467. The van der Waals surface area contributed by atoms with Gasteiger partial charge in [0.1, 0.15) is 11.8 Å². The second kappa shape index (κ2) is 7.85. The average molecular weight is 333 g/mol. The van der Waals surface area contributed by atoms with Crippen LogP contribution in [-0.2, 0) is 15.8 Å². The molecule has 1 rings (SSSR count). The van der Waals surface area contributed by atoms with Gasteiger partial charge in [0, 0.05) is 0 Å². The Balaban J connectivity index is 2.68. The Morgan fingerprint density at radius 3 is 2.39 bits per heavy atom. The van der Waals surface area contributed by atoms with E-state index < -0.39 is 42.0 Å². The molecule has 0 radical (unpaired) electrons. The van der Waals surface area contributed by atoms with Crippen molar-refractivity contribution in [3.8, 4) is 5.75 Å². The Morgan fingerprint density at radius 1 is 1.26 bits per heavy atom. The molecule has 2 N–H and O–H groups in total. The minimum Gasteiger partial charge on any atom is -0.483 e. The third-order valence-corrected chi connectivity index (χ3v) is 2.89. The van der Waals surface area contributed by atoms with Crippen LogP contribution in [0.25, 0.3) is 0 Å². The van der Waals surface area contributed by atoms with Gasteiger partial charge in [0.15, 0.2) is 6.61 Å². The van der Waals surface area contributed by atoms with Gasteiger partial charge in [-0.15, -0.1) is 0 Å². The molecule has 128 valence electrons. The van der Waals surface area contributed by atoms with Crippen molar-refractivity contribution in [1.82, 2.24) is 5.32 Å². The summed E-state index contributed by atoms with van der Waals surface area (Å²) in [4.78, 5) is 22.7. The van der Waals surface area contributed by atoms with Gasteiger partial charge in [0.25, 0.3) is 5.91 Å². The Morgan fingerprint density at radius 2 is 1.87 bits per heavy atom. The zero-order valence-electron chi connectivity index (χ0n) is 12.7. The van der Waals surface area contributed by atoms with E-state index in [1.807, 2.05) is 0 Å². The van der Waals surface area contributed by atoms with E-state index in [2.05, 4.69) is 5.32 Å². The number of carbonyl (C=O) groups excluding carboxylic acids is 1. The molecule has 23 heavy (non-hydrogen) atoms. The molecule has 8 heteroatoms. The number of hydrogen-bond donors (Lipinski definition) is 2. The summed E-state index contributed by atoms with van der Waals surface area (Å²) in [6.07, 6.45) is -4.39. The van der Waals surface area contributed by atoms with Gasteiger partial charge >= 0.3 is 12.1 Å². The molecule has 0 aromatic heterocycles. The van der Waals surface area contributed by atoms with E-state index in [1.54, 1.807) is 13.8 Å². The molecule has 0 spiro atoms. The zero-order chi connectivity index (χ0) is 17.6. The van der Waals surface area contributed by atoms with Crippen LogP contribution in [0.15, 0.2) is 24.3 Å². The van der Waals surface area contributed by atoms with Gasteiger partial charge in [-0.05, 0) is 24.5 Å². The van der Waals surface area contributed by atoms with E-state index >= 15 is 0 Å². The third kappa shape index (κ3) is 6.17. The number of aliphatic carboxylic acids is 1. The number of alkyl halides is 3. The largest absolute Gasteiger partial charge is 0.483 e. The SMILES string of the molecule is CC(C)C[C@H](NC(=O)COc1ccccc1C(F)(F)F)C(=O)O. The number of halogens is 3. The molecule has 1 amide bonds. The second-order valence-corrected chi connectivity index (χ2v) is 5.37. The fourth-order valence-electron chi connectivity index (χ4n) is 1.90. The lowest BCUT2D eigenvalue weighted by Crippen LogP contribution is -2.43. The van der Waals surface area contributed by atoms with Crippen LogP contribution in [0.1, 0.15) is 25.8 Å². The molecule has 0 bridgehead atoms. The van der Waals surface area contributed by atoms with Gasteiger partial charge in [-0.2, -0.15) is 13.2 Å². The number of nitrogens with one attached hydrogen (secondary N) is 1. The van der Waals surface area contributed by atoms with E-state index in [9.17, 15) is 22.8 Å². The maximum absolute atomic E-state index is 12.8. The Bertz CT molecular complexity index is 558. The van der Waals surface area contributed by atoms with Crippen molar-refractivity contribution in [2.45, 2.75) is 32.5 Å². The molecule has 0 fully saturated rings. The van der Waals surface area contributed by atoms with Gasteiger partial charge in [0.05, 0.1) is 5.56 Å². The summed E-state index contributed by atoms with van der Waals surface area (Å²) < 4.78 is 43.2. The molecule has 0 saturated carbocycles. The first-order chi connectivity index (χ1) is 10.6. The lowest BCUT2D eigenvalue weighted by atomic mass is 10.0. The van der Waals surface area contributed by atoms with Gasteiger partial charge in [-0.25, -0.2) is 4.79 Å². The first-order valence-corrected chi connectivity index (χ1v) is 6.92. The number of benzene rings is 1. The summed E-state index contributed by atoms with van der Waals surface area (Å²) in [6.45, 7) is 2.88. The summed E-state index contributed by atoms with van der Waals surface area (Å²) in [5, 5.41) is 11.2. The molecule has 0 heterocycles. The van der Waals surface area contributed by atoms with Crippen LogP contribution in [0.4, 0.5) is 13.2 Å². The number of carboxylic acids is 1. The van der Waals surface area contributed by atoms with Crippen molar-refractivity contribution >= 4 is 11.9 Å². The number of hydrogen-bond acceptors (Lipinski definition) is 3. The maximum Gasteiger partial charge on any atom is 0.419 e. The standard InChI is InChI=1S/C15H18F3NO4/c1-9(2)7-11(14(21)22)19-13(20)8-23-12-6-4-3-5-10(12)15(16,17)18/h3-6,9,11H,7-8H2,1-2H3,(H,19,20)(H,21,22)/t11-/m0/s1. The maximum atomic E-state index is 12.8. The van der Waals surface area contributed by atoms with Gasteiger partial charge in [-0.1, -0.05) is 26.0 Å². The highest BCUT2D eigenvalue weighted by Gasteiger charge is 2.34. The van der Waals surface area contributed by atoms with E-state index in [-0.39, 0.29) is 12.3 Å². The molecular formula is C15H18F3NO4. The lowest BCUT2D eigenvalue weighted by molar-refractivity contribution is -0.142. The molecule has 1 aromatic carbocycles. The van der Waals surface area contributed by atoms with Crippen LogP contribution < -0.4 is 10.1 Å². The minimum atomic E-state index is -4.60. The van der Waals surface area contributed by atoms with Crippen LogP contribution >= 0.6 is 0 Å². The molecule has 0 unspecified atom stereocenters. The van der Waals surface area contributed by atoms with Crippen LogP contribution in [0.2, 0.25) is 0 Å². The smallest absolute Gasteiger partial charge is 0.419 e. The van der Waals surface area contributed by atoms with Crippen LogP contribution in [0.5, 0.6) is 5.75 Å². The van der Waals surface area contributed by atoms with Gasteiger partial charge in [-0.3, -0.25) is 4.79 Å². The number of rotatable bonds is 7. The zero-order valence-corrected chi connectivity index (χ0v) is 12.7. The molecule has 0 aliphatic carbocycles. The van der Waals surface area contributed by atoms with E-state index in [1.165, 1.54) is 12.1 Å². The highest BCUT2D eigenvalue weighted by atomic mass is 19.4. The molecule has 1 atom stereocenters. The molecule has 0 aliphatic rings. The lowest BCUT2D eigenvalue weighted by Gasteiger charge is -2.17. The summed E-state index contributed by atoms with van der Waals surface area (Å²) in [5.41, 5.74) is -0.996. The quantitative estimate of drug-likeness (QED) is 0.804. The van der Waals surface area contributed by atoms with Crippen molar-refractivity contribution < 1.29 is 32.6 Å². The molecular weight excluding hydrogens is 315 g/mol. The topological polar surface area (TPSA) is 75.6 Å². The van der Waals surface area contributed by atoms with Crippen LogP contribution in [0, 0.1) is 5.92 Å². The van der Waals surface area contributed by atoms with E-state index in [4.69, 9.17) is 9.84 Å². The molecule has 0 aliphatic heterocycles. The number of amides is 1. The monoisotopic (exact) mass is 333 g/mol. The van der Waals surface area contributed by atoms with Crippen molar-refractivity contribution in [2.75, 3.05) is 6.61 Å². The average Bonchev–Trinajstić information content (AvgIpc) is 2.43. The number of ether oxygens (including phenoxy) is 1. The minimum absolute atomic E-state index is 0.0308. The normalized spacial score (nSPS) is 12.8. The predicted octanol–water partition coefficient (Wildman–Crippen LogP) is 2.70. The van der Waals surface area contributed by atoms with Crippen LogP contribution in [0.3, 0.4) is 0 Å². The fourth-order valence-corrected chi connectivity index (χ4v) is 1.90. The van der Waals surface area contributed by atoms with Crippen LogP contribution in [-0.4, -0.2) is 29.6 Å². The summed E-state index contributed by atoms with van der Waals surface area (Å²) >= 11 is 0. The van der Waals surface area contributed by atoms with Gasteiger partial charge < -0.3 is 15.2 Å². The third-order valence-electron chi connectivity index (χ3n) is 2.89. The highest BCUT2D eigenvalue weighted by Crippen LogP contribution is 2.35. The number of carboxylic acid groups (broad SMARTS) is 1. The summed E-state index contributed by atoms with van der Waals surface area (Å²) in [7, 11) is 0. The first kappa shape index (κ1) is 18.8. The van der Waals surface area contributed by atoms with E-state index in [0.717, 1.165) is 12.1 Å². The Hall–Kier alpha value is -2.25. The van der Waals surface area contributed by atoms with Crippen molar-refractivity contribution in [3.63, 3.8) is 0 Å². The predicted molar refractivity (Wildman–Crippen MR) is 76.0 cm³/mol. The molecule has 0 saturated heterocycles. The first-order valence-electron chi connectivity index (χ1n) is 6.92. The van der Waals surface area contributed by atoms with Crippen molar-refractivity contribution in [2.24, 2.45) is 5.92 Å². The van der Waals surface area contributed by atoms with E-state index in [0.29, 0.717) is 0 Å². The van der Waals surface area contributed by atoms with Crippen molar-refractivity contribution in [1.29, 1.82) is 0 Å². The molecule has 5 nitrogen and oxygen atoms in total. The van der Waals surface area contributed by atoms with Crippen molar-refractivity contribution in [3.05, 3.63) is 29.8 Å². The number of carbonyl (C=O) groups is 2. The Kier molecular flexibility index (Phi) is 6.41. The highest BCUT2D eigenvalue weighted by molar-refractivity contribution is 5.84. The Labute approximate surface area is 131 Å².